The van der Waals surface area contributed by atoms with Gasteiger partial charge in [0, 0.05) is 45.1 Å². The predicted molar refractivity (Wildman–Crippen MR) is 84.4 cm³/mol. The molecule has 108 valence electrons. The van der Waals surface area contributed by atoms with Crippen LogP contribution in [0, 0.1) is 10.5 Å². The molecule has 0 atom stereocenters. The Labute approximate surface area is 131 Å². The van der Waals surface area contributed by atoms with Crippen molar-refractivity contribution in [1.29, 1.82) is 0 Å². The van der Waals surface area contributed by atoms with Gasteiger partial charge in [-0.05, 0) is 36.4 Å². The number of aromatic nitrogens is 4. The molecule has 0 N–H and O–H groups in total. The van der Waals surface area contributed by atoms with Crippen LogP contribution in [0.2, 0.25) is 0 Å². The smallest absolute Gasteiger partial charge is 0.275 e. The van der Waals surface area contributed by atoms with Crippen LogP contribution in [0.25, 0.3) is 0 Å². The third kappa shape index (κ3) is 3.02. The summed E-state index contributed by atoms with van der Waals surface area (Å²) >= 11 is 2.13. The van der Waals surface area contributed by atoms with Crippen LogP contribution in [0.3, 0.4) is 0 Å². The van der Waals surface area contributed by atoms with Gasteiger partial charge in [0.05, 0.1) is 9.26 Å². The lowest BCUT2D eigenvalue weighted by atomic mass is 10.2. The minimum atomic E-state index is -0.0707. The lowest BCUT2D eigenvalue weighted by Gasteiger charge is -2.15. The third-order valence-corrected chi connectivity index (χ3v) is 3.90. The predicted octanol–water partition coefficient (Wildman–Crippen LogP) is 1.82. The van der Waals surface area contributed by atoms with Gasteiger partial charge in [-0.25, -0.2) is 0 Å². The topological polar surface area (TPSA) is 56.0 Å². The van der Waals surface area contributed by atoms with E-state index in [1.165, 1.54) is 0 Å². The van der Waals surface area contributed by atoms with Crippen LogP contribution in [0.5, 0.6) is 0 Å². The zero-order chi connectivity index (χ0) is 14.9. The average molecular weight is 387 g/mol. The standard InChI is InChI=1S/C13H18IN5O/c1-5-19-7-10(9(2)15-19)6-17(3)13(20)12-11(14)8-18(4)16-12/h7-8H,5-6H2,1-4H3. The van der Waals surface area contributed by atoms with E-state index in [2.05, 4.69) is 32.8 Å². The molecule has 0 aliphatic heterocycles. The van der Waals surface area contributed by atoms with E-state index in [0.29, 0.717) is 12.2 Å². The SMILES string of the molecule is CCn1cc(CN(C)C(=O)c2nn(C)cc2I)c(C)n1. The first-order valence-corrected chi connectivity index (χ1v) is 7.47. The highest BCUT2D eigenvalue weighted by Crippen LogP contribution is 2.14. The van der Waals surface area contributed by atoms with E-state index in [1.807, 2.05) is 38.0 Å². The fourth-order valence-corrected chi connectivity index (χ4v) is 2.73. The van der Waals surface area contributed by atoms with Gasteiger partial charge in [-0.1, -0.05) is 0 Å². The fourth-order valence-electron chi connectivity index (χ4n) is 1.99. The molecular weight excluding hydrogens is 369 g/mol. The first-order valence-electron chi connectivity index (χ1n) is 6.40. The molecule has 0 aliphatic rings. The fraction of sp³-hybridized carbons (Fsp3) is 0.462. The van der Waals surface area contributed by atoms with Gasteiger partial charge in [0.1, 0.15) is 0 Å². The second-order valence-electron chi connectivity index (χ2n) is 4.76. The van der Waals surface area contributed by atoms with Gasteiger partial charge in [0.2, 0.25) is 0 Å². The van der Waals surface area contributed by atoms with E-state index in [1.54, 1.807) is 16.6 Å². The van der Waals surface area contributed by atoms with Gasteiger partial charge in [-0.15, -0.1) is 0 Å². The molecule has 6 nitrogen and oxygen atoms in total. The first-order chi connectivity index (χ1) is 9.42. The summed E-state index contributed by atoms with van der Waals surface area (Å²) in [7, 11) is 3.60. The van der Waals surface area contributed by atoms with Crippen molar-refractivity contribution in [1.82, 2.24) is 24.5 Å². The molecule has 0 saturated heterocycles. The minimum absolute atomic E-state index is 0.0707. The second kappa shape index (κ2) is 5.94. The number of nitrogens with zero attached hydrogens (tertiary/aromatic N) is 5. The molecule has 0 saturated carbocycles. The van der Waals surface area contributed by atoms with E-state index < -0.39 is 0 Å². The molecule has 0 aliphatic carbocycles. The number of hydrogen-bond acceptors (Lipinski definition) is 3. The number of aryl methyl sites for hydroxylation is 3. The maximum absolute atomic E-state index is 12.4. The summed E-state index contributed by atoms with van der Waals surface area (Å²) in [6.45, 7) is 5.37. The van der Waals surface area contributed by atoms with Gasteiger partial charge < -0.3 is 4.90 Å². The van der Waals surface area contributed by atoms with Crippen LogP contribution in [-0.4, -0.2) is 37.4 Å². The molecule has 2 heterocycles. The molecule has 0 spiro atoms. The lowest BCUT2D eigenvalue weighted by molar-refractivity contribution is 0.0777. The molecule has 0 fully saturated rings. The first kappa shape index (κ1) is 15.0. The van der Waals surface area contributed by atoms with Crippen molar-refractivity contribution in [2.75, 3.05) is 7.05 Å². The van der Waals surface area contributed by atoms with Crippen LogP contribution in [-0.2, 0) is 20.1 Å². The Morgan fingerprint density at radius 2 is 2.10 bits per heavy atom. The van der Waals surface area contributed by atoms with E-state index in [-0.39, 0.29) is 5.91 Å². The Morgan fingerprint density at radius 1 is 1.40 bits per heavy atom. The number of carbonyl (C=O) groups is 1. The summed E-state index contributed by atoms with van der Waals surface area (Å²) in [4.78, 5) is 14.1. The van der Waals surface area contributed by atoms with Crippen LogP contribution in [0.15, 0.2) is 12.4 Å². The maximum Gasteiger partial charge on any atom is 0.275 e. The highest BCUT2D eigenvalue weighted by molar-refractivity contribution is 14.1. The van der Waals surface area contributed by atoms with Gasteiger partial charge in [0.25, 0.3) is 5.91 Å². The van der Waals surface area contributed by atoms with Gasteiger partial charge in [-0.3, -0.25) is 14.2 Å². The summed E-state index contributed by atoms with van der Waals surface area (Å²) in [5, 5.41) is 8.61. The van der Waals surface area contributed by atoms with Crippen LogP contribution in [0.4, 0.5) is 0 Å². The second-order valence-corrected chi connectivity index (χ2v) is 5.92. The van der Waals surface area contributed by atoms with Crippen LogP contribution < -0.4 is 0 Å². The largest absolute Gasteiger partial charge is 0.336 e. The Morgan fingerprint density at radius 3 is 2.60 bits per heavy atom. The van der Waals surface area contributed by atoms with Crippen LogP contribution >= 0.6 is 22.6 Å². The average Bonchev–Trinajstić information content (AvgIpc) is 2.91. The third-order valence-electron chi connectivity index (χ3n) is 3.11. The van der Waals surface area contributed by atoms with E-state index >= 15 is 0 Å². The molecule has 7 heteroatoms. The number of amides is 1. The highest BCUT2D eigenvalue weighted by atomic mass is 127. The zero-order valence-electron chi connectivity index (χ0n) is 12.1. The lowest BCUT2D eigenvalue weighted by Crippen LogP contribution is -2.27. The van der Waals surface area contributed by atoms with Gasteiger partial charge >= 0.3 is 0 Å². The number of rotatable bonds is 4. The molecule has 0 radical (unpaired) electrons. The van der Waals surface area contributed by atoms with Crippen molar-refractivity contribution in [3.63, 3.8) is 0 Å². The van der Waals surface area contributed by atoms with E-state index in [0.717, 1.165) is 21.4 Å². The highest BCUT2D eigenvalue weighted by Gasteiger charge is 2.19. The Balaban J connectivity index is 2.15. The quantitative estimate of drug-likeness (QED) is 0.753. The Hall–Kier alpha value is -1.38. The number of halogens is 1. The molecule has 2 rings (SSSR count). The van der Waals surface area contributed by atoms with Gasteiger partial charge in [-0.2, -0.15) is 10.2 Å². The number of carbonyl (C=O) groups excluding carboxylic acids is 1. The van der Waals surface area contributed by atoms with Crippen molar-refractivity contribution in [3.05, 3.63) is 32.9 Å². The van der Waals surface area contributed by atoms with Crippen molar-refractivity contribution >= 4 is 28.5 Å². The molecular formula is C13H18IN5O. The molecule has 2 aromatic rings. The Bertz CT molecular complexity index is 631. The molecule has 2 aromatic heterocycles. The monoisotopic (exact) mass is 387 g/mol. The normalized spacial score (nSPS) is 10.8. The summed E-state index contributed by atoms with van der Waals surface area (Å²) in [5.41, 5.74) is 2.52. The van der Waals surface area contributed by atoms with Crippen LogP contribution in [0.1, 0.15) is 28.7 Å². The van der Waals surface area contributed by atoms with Crippen molar-refractivity contribution < 1.29 is 4.79 Å². The molecule has 1 amide bonds. The van der Waals surface area contributed by atoms with Crippen molar-refractivity contribution in [2.45, 2.75) is 26.9 Å². The van der Waals surface area contributed by atoms with Crippen molar-refractivity contribution in [2.24, 2.45) is 7.05 Å². The summed E-state index contributed by atoms with van der Waals surface area (Å²) in [6.07, 6.45) is 3.82. The van der Waals surface area contributed by atoms with E-state index in [9.17, 15) is 4.79 Å². The molecule has 0 unspecified atom stereocenters. The van der Waals surface area contributed by atoms with Gasteiger partial charge in [0.15, 0.2) is 5.69 Å². The summed E-state index contributed by atoms with van der Waals surface area (Å²) in [5.74, 6) is -0.0707. The molecule has 0 aromatic carbocycles. The number of hydrogen-bond donors (Lipinski definition) is 0. The summed E-state index contributed by atoms with van der Waals surface area (Å²) in [6, 6.07) is 0. The van der Waals surface area contributed by atoms with Crippen molar-refractivity contribution in [3.8, 4) is 0 Å². The molecule has 0 bridgehead atoms. The minimum Gasteiger partial charge on any atom is -0.336 e. The Kier molecular flexibility index (Phi) is 4.46. The van der Waals surface area contributed by atoms with E-state index in [4.69, 9.17) is 0 Å². The maximum atomic E-state index is 12.4. The summed E-state index contributed by atoms with van der Waals surface area (Å²) < 4.78 is 4.40. The zero-order valence-corrected chi connectivity index (χ0v) is 14.2. The molecule has 20 heavy (non-hydrogen) atoms.